The van der Waals surface area contributed by atoms with E-state index in [2.05, 4.69) is 24.1 Å². The second-order valence-electron chi connectivity index (χ2n) is 6.29. The van der Waals surface area contributed by atoms with Crippen LogP contribution in [0.4, 0.5) is 0 Å². The summed E-state index contributed by atoms with van der Waals surface area (Å²) < 4.78 is 5.83. The van der Waals surface area contributed by atoms with E-state index in [1.54, 1.807) is 6.20 Å². The molecule has 1 aliphatic carbocycles. The minimum atomic E-state index is -0.455. The van der Waals surface area contributed by atoms with E-state index in [1.165, 1.54) is 12.8 Å². The van der Waals surface area contributed by atoms with Crippen LogP contribution in [0.2, 0.25) is 0 Å². The monoisotopic (exact) mass is 292 g/mol. The molecule has 0 aliphatic heterocycles. The average Bonchev–Trinajstić information content (AvgIpc) is 2.53. The second kappa shape index (κ2) is 8.47. The molecule has 1 saturated carbocycles. The van der Waals surface area contributed by atoms with Crippen LogP contribution < -0.4 is 5.32 Å². The third-order valence-corrected chi connectivity index (χ3v) is 4.33. The molecule has 0 radical (unpaired) electrons. The van der Waals surface area contributed by atoms with Crippen LogP contribution in [0.1, 0.15) is 51.1 Å². The lowest BCUT2D eigenvalue weighted by Gasteiger charge is -2.27. The highest BCUT2D eigenvalue weighted by molar-refractivity contribution is 5.12. The first kappa shape index (κ1) is 16.4. The molecule has 0 saturated heterocycles. The maximum absolute atomic E-state index is 10.0. The molecule has 2 N–H and O–H groups in total. The fraction of sp³-hybridized carbons (Fsp3) is 0.706. The largest absolute Gasteiger partial charge is 0.389 e. The SMILES string of the molecule is CC1CCC(OCC(O)CN[C@H](C)c2cccnc2)CC1. The molecule has 1 aliphatic rings. The summed E-state index contributed by atoms with van der Waals surface area (Å²) in [7, 11) is 0. The van der Waals surface area contributed by atoms with Crippen LogP contribution in [0.25, 0.3) is 0 Å². The maximum Gasteiger partial charge on any atom is 0.0898 e. The smallest absolute Gasteiger partial charge is 0.0898 e. The molecule has 1 aromatic rings. The van der Waals surface area contributed by atoms with Crippen LogP contribution in [-0.2, 0) is 4.74 Å². The molecule has 4 heteroatoms. The first-order chi connectivity index (χ1) is 10.1. The number of rotatable bonds is 7. The van der Waals surface area contributed by atoms with Crippen molar-refractivity contribution >= 4 is 0 Å². The Bertz CT molecular complexity index is 391. The molecule has 1 heterocycles. The molecule has 0 bridgehead atoms. The molecule has 0 amide bonds. The van der Waals surface area contributed by atoms with Gasteiger partial charge in [0.1, 0.15) is 0 Å². The third-order valence-electron chi connectivity index (χ3n) is 4.33. The summed E-state index contributed by atoms with van der Waals surface area (Å²) in [5.41, 5.74) is 1.13. The minimum Gasteiger partial charge on any atom is -0.389 e. The fourth-order valence-electron chi connectivity index (χ4n) is 2.77. The van der Waals surface area contributed by atoms with Gasteiger partial charge in [-0.25, -0.2) is 0 Å². The van der Waals surface area contributed by atoms with Crippen molar-refractivity contribution in [2.24, 2.45) is 5.92 Å². The van der Waals surface area contributed by atoms with Gasteiger partial charge < -0.3 is 15.2 Å². The molecule has 2 atom stereocenters. The van der Waals surface area contributed by atoms with Gasteiger partial charge in [0.05, 0.1) is 18.8 Å². The number of ether oxygens (including phenoxy) is 1. The second-order valence-corrected chi connectivity index (χ2v) is 6.29. The standard InChI is InChI=1S/C17H28N2O2/c1-13-5-7-17(8-6-13)21-12-16(20)11-19-14(2)15-4-3-9-18-10-15/h3-4,9-10,13-14,16-17,19-20H,5-8,11-12H2,1-2H3/t13?,14-,16?,17?/m1/s1. The molecule has 0 spiro atoms. The first-order valence-electron chi connectivity index (χ1n) is 8.08. The Balaban J connectivity index is 1.62. The number of aliphatic hydroxyl groups is 1. The van der Waals surface area contributed by atoms with E-state index in [0.717, 1.165) is 24.3 Å². The Hall–Kier alpha value is -0.970. The predicted octanol–water partition coefficient (Wildman–Crippen LogP) is 2.69. The van der Waals surface area contributed by atoms with E-state index in [4.69, 9.17) is 4.74 Å². The molecule has 1 fully saturated rings. The van der Waals surface area contributed by atoms with Crippen LogP contribution >= 0.6 is 0 Å². The summed E-state index contributed by atoms with van der Waals surface area (Å²) >= 11 is 0. The van der Waals surface area contributed by atoms with Crippen molar-refractivity contribution in [2.45, 2.75) is 57.8 Å². The average molecular weight is 292 g/mol. The molecular formula is C17H28N2O2. The van der Waals surface area contributed by atoms with Crippen molar-refractivity contribution in [3.63, 3.8) is 0 Å². The highest BCUT2D eigenvalue weighted by Crippen LogP contribution is 2.25. The zero-order valence-electron chi connectivity index (χ0n) is 13.2. The van der Waals surface area contributed by atoms with Gasteiger partial charge in [-0.05, 0) is 50.2 Å². The minimum absolute atomic E-state index is 0.184. The Labute approximate surface area is 127 Å². The first-order valence-corrected chi connectivity index (χ1v) is 8.08. The number of hydrogen-bond acceptors (Lipinski definition) is 4. The van der Waals surface area contributed by atoms with Crippen molar-refractivity contribution in [3.8, 4) is 0 Å². The van der Waals surface area contributed by atoms with Crippen LogP contribution in [-0.4, -0.2) is 35.5 Å². The van der Waals surface area contributed by atoms with E-state index in [9.17, 15) is 5.11 Å². The van der Waals surface area contributed by atoms with Crippen LogP contribution in [0, 0.1) is 5.92 Å². The lowest BCUT2D eigenvalue weighted by Crippen LogP contribution is -2.34. The number of aromatic nitrogens is 1. The lowest BCUT2D eigenvalue weighted by atomic mass is 9.89. The van der Waals surface area contributed by atoms with E-state index < -0.39 is 6.10 Å². The van der Waals surface area contributed by atoms with Crippen molar-refractivity contribution in [1.82, 2.24) is 10.3 Å². The van der Waals surface area contributed by atoms with Gasteiger partial charge in [0.2, 0.25) is 0 Å². The third kappa shape index (κ3) is 5.73. The predicted molar refractivity (Wildman–Crippen MR) is 84.0 cm³/mol. The molecule has 21 heavy (non-hydrogen) atoms. The van der Waals surface area contributed by atoms with Gasteiger partial charge in [-0.2, -0.15) is 0 Å². The highest BCUT2D eigenvalue weighted by atomic mass is 16.5. The van der Waals surface area contributed by atoms with Gasteiger partial charge in [-0.3, -0.25) is 4.98 Å². The van der Waals surface area contributed by atoms with Gasteiger partial charge >= 0.3 is 0 Å². The summed E-state index contributed by atoms with van der Waals surface area (Å²) in [5, 5.41) is 13.3. The normalized spacial score (nSPS) is 25.5. The quantitative estimate of drug-likeness (QED) is 0.811. The Morgan fingerprint density at radius 2 is 2.14 bits per heavy atom. The molecule has 2 rings (SSSR count). The maximum atomic E-state index is 10.0. The summed E-state index contributed by atoms with van der Waals surface area (Å²) in [6.07, 6.45) is 8.26. The number of pyridine rings is 1. The molecular weight excluding hydrogens is 264 g/mol. The summed E-state index contributed by atoms with van der Waals surface area (Å²) in [4.78, 5) is 4.11. The molecule has 118 valence electrons. The number of aliphatic hydroxyl groups excluding tert-OH is 1. The summed E-state index contributed by atoms with van der Waals surface area (Å²) in [6, 6.07) is 4.15. The van der Waals surface area contributed by atoms with Crippen molar-refractivity contribution < 1.29 is 9.84 Å². The summed E-state index contributed by atoms with van der Waals surface area (Å²) in [5.74, 6) is 0.830. The van der Waals surface area contributed by atoms with Crippen molar-refractivity contribution in [3.05, 3.63) is 30.1 Å². The molecule has 1 unspecified atom stereocenters. The molecule has 4 nitrogen and oxygen atoms in total. The Kier molecular flexibility index (Phi) is 6.61. The van der Waals surface area contributed by atoms with Gasteiger partial charge in [-0.1, -0.05) is 13.0 Å². The van der Waals surface area contributed by atoms with Gasteiger partial charge in [0, 0.05) is 25.0 Å². The van der Waals surface area contributed by atoms with Crippen molar-refractivity contribution in [1.29, 1.82) is 0 Å². The molecule has 0 aromatic carbocycles. The lowest BCUT2D eigenvalue weighted by molar-refractivity contribution is -0.0283. The number of nitrogens with zero attached hydrogens (tertiary/aromatic N) is 1. The van der Waals surface area contributed by atoms with Gasteiger partial charge in [0.25, 0.3) is 0 Å². The highest BCUT2D eigenvalue weighted by Gasteiger charge is 2.19. The van der Waals surface area contributed by atoms with Crippen LogP contribution in [0.3, 0.4) is 0 Å². The number of hydrogen-bond donors (Lipinski definition) is 2. The van der Waals surface area contributed by atoms with E-state index >= 15 is 0 Å². The van der Waals surface area contributed by atoms with Crippen molar-refractivity contribution in [2.75, 3.05) is 13.2 Å². The zero-order valence-corrected chi connectivity index (χ0v) is 13.2. The topological polar surface area (TPSA) is 54.4 Å². The summed E-state index contributed by atoms with van der Waals surface area (Å²) in [6.45, 7) is 5.34. The Morgan fingerprint density at radius 1 is 1.38 bits per heavy atom. The molecule has 1 aromatic heterocycles. The Morgan fingerprint density at radius 3 is 2.81 bits per heavy atom. The van der Waals surface area contributed by atoms with E-state index in [1.807, 2.05) is 18.3 Å². The fourth-order valence-corrected chi connectivity index (χ4v) is 2.77. The zero-order chi connectivity index (χ0) is 15.1. The van der Waals surface area contributed by atoms with E-state index in [0.29, 0.717) is 19.3 Å². The van der Waals surface area contributed by atoms with E-state index in [-0.39, 0.29) is 6.04 Å². The van der Waals surface area contributed by atoms with Gasteiger partial charge in [0.15, 0.2) is 0 Å². The van der Waals surface area contributed by atoms with Crippen LogP contribution in [0.15, 0.2) is 24.5 Å². The number of nitrogens with one attached hydrogen (secondary N) is 1. The van der Waals surface area contributed by atoms with Gasteiger partial charge in [-0.15, -0.1) is 0 Å². The van der Waals surface area contributed by atoms with Crippen LogP contribution in [0.5, 0.6) is 0 Å².